The Hall–Kier alpha value is -1.91. The van der Waals surface area contributed by atoms with Gasteiger partial charge in [0, 0.05) is 32.4 Å². The average molecular weight is 329 g/mol. The smallest absolute Gasteiger partial charge is 0.272 e. The zero-order valence-electron chi connectivity index (χ0n) is 14.4. The van der Waals surface area contributed by atoms with Gasteiger partial charge in [0.15, 0.2) is 0 Å². The Morgan fingerprint density at radius 3 is 1.67 bits per heavy atom. The summed E-state index contributed by atoms with van der Waals surface area (Å²) in [6.45, 7) is 3.28. The zero-order chi connectivity index (χ0) is 16.8. The number of nitrogens with zero attached hydrogens (tertiary/aromatic N) is 3. The summed E-state index contributed by atoms with van der Waals surface area (Å²) >= 11 is 0. The van der Waals surface area contributed by atoms with Crippen molar-refractivity contribution in [2.45, 2.75) is 51.4 Å². The summed E-state index contributed by atoms with van der Waals surface area (Å²) in [5.41, 5.74) is 1.04. The highest BCUT2D eigenvalue weighted by Crippen LogP contribution is 2.15. The highest BCUT2D eigenvalue weighted by atomic mass is 16.2. The van der Waals surface area contributed by atoms with Gasteiger partial charge in [-0.05, 0) is 37.8 Å². The predicted molar refractivity (Wildman–Crippen MR) is 93.0 cm³/mol. The molecule has 0 saturated carbocycles. The van der Waals surface area contributed by atoms with Crippen molar-refractivity contribution < 1.29 is 9.59 Å². The number of rotatable bonds is 2. The summed E-state index contributed by atoms with van der Waals surface area (Å²) < 4.78 is 0. The van der Waals surface area contributed by atoms with Crippen LogP contribution < -0.4 is 0 Å². The fourth-order valence-electron chi connectivity index (χ4n) is 3.54. The second-order valence-electron chi connectivity index (χ2n) is 6.84. The van der Waals surface area contributed by atoms with Crippen LogP contribution >= 0.6 is 0 Å². The molecule has 0 bridgehead atoms. The van der Waals surface area contributed by atoms with Gasteiger partial charge in [0.25, 0.3) is 11.8 Å². The molecule has 5 nitrogen and oxygen atoms in total. The standard InChI is InChI=1S/C19H27N3O2/c23-18(21-11-5-1-2-6-12-21)16-9-10-17(20-15-16)19(24)22-13-7-3-4-8-14-22/h9-10,15H,1-8,11-14H2. The van der Waals surface area contributed by atoms with Crippen molar-refractivity contribution in [3.63, 3.8) is 0 Å². The Morgan fingerprint density at radius 1 is 0.708 bits per heavy atom. The summed E-state index contributed by atoms with van der Waals surface area (Å²) in [6, 6.07) is 3.46. The Balaban J connectivity index is 1.65. The van der Waals surface area contributed by atoms with E-state index in [0.29, 0.717) is 11.3 Å². The van der Waals surface area contributed by atoms with E-state index in [1.807, 2.05) is 9.80 Å². The van der Waals surface area contributed by atoms with E-state index in [-0.39, 0.29) is 11.8 Å². The Bertz CT molecular complexity index is 503. The molecular formula is C19H27N3O2. The molecule has 1 aromatic heterocycles. The van der Waals surface area contributed by atoms with E-state index in [1.165, 1.54) is 25.7 Å². The zero-order valence-corrected chi connectivity index (χ0v) is 14.4. The minimum Gasteiger partial charge on any atom is -0.339 e. The molecular weight excluding hydrogens is 302 g/mol. The van der Waals surface area contributed by atoms with E-state index in [9.17, 15) is 9.59 Å². The van der Waals surface area contributed by atoms with Gasteiger partial charge in [-0.25, -0.2) is 0 Å². The van der Waals surface area contributed by atoms with Crippen LogP contribution in [0.4, 0.5) is 0 Å². The van der Waals surface area contributed by atoms with Crippen molar-refractivity contribution in [1.29, 1.82) is 0 Å². The molecule has 0 radical (unpaired) electrons. The second-order valence-corrected chi connectivity index (χ2v) is 6.84. The number of likely N-dealkylation sites (tertiary alicyclic amines) is 2. The van der Waals surface area contributed by atoms with Crippen LogP contribution in [0.5, 0.6) is 0 Å². The molecule has 3 rings (SSSR count). The number of carbonyl (C=O) groups is 2. The summed E-state index contributed by atoms with van der Waals surface area (Å²) in [5, 5.41) is 0. The fourth-order valence-corrected chi connectivity index (χ4v) is 3.54. The first-order chi connectivity index (χ1) is 11.8. The number of amides is 2. The number of aromatic nitrogens is 1. The van der Waals surface area contributed by atoms with E-state index in [1.54, 1.807) is 18.3 Å². The molecule has 0 aliphatic carbocycles. The molecule has 2 aliphatic rings. The second kappa shape index (κ2) is 8.27. The molecule has 0 N–H and O–H groups in total. The summed E-state index contributed by atoms with van der Waals surface area (Å²) in [5.74, 6) is 0.0313. The molecule has 24 heavy (non-hydrogen) atoms. The lowest BCUT2D eigenvalue weighted by Crippen LogP contribution is -2.33. The first kappa shape index (κ1) is 16.9. The summed E-state index contributed by atoms with van der Waals surface area (Å²) in [6.07, 6.45) is 10.6. The highest BCUT2D eigenvalue weighted by molar-refractivity contribution is 5.96. The van der Waals surface area contributed by atoms with Crippen molar-refractivity contribution in [2.75, 3.05) is 26.2 Å². The van der Waals surface area contributed by atoms with Crippen LogP contribution in [-0.4, -0.2) is 52.8 Å². The van der Waals surface area contributed by atoms with Gasteiger partial charge in [0.1, 0.15) is 5.69 Å². The molecule has 1 aromatic rings. The van der Waals surface area contributed by atoms with Crippen molar-refractivity contribution in [3.05, 3.63) is 29.6 Å². The molecule has 3 heterocycles. The molecule has 0 unspecified atom stereocenters. The van der Waals surface area contributed by atoms with Crippen LogP contribution in [0.2, 0.25) is 0 Å². The van der Waals surface area contributed by atoms with Gasteiger partial charge >= 0.3 is 0 Å². The Morgan fingerprint density at radius 2 is 1.21 bits per heavy atom. The van der Waals surface area contributed by atoms with Crippen LogP contribution in [-0.2, 0) is 0 Å². The lowest BCUT2D eigenvalue weighted by atomic mass is 10.2. The van der Waals surface area contributed by atoms with Gasteiger partial charge in [-0.15, -0.1) is 0 Å². The number of carbonyl (C=O) groups excluding carboxylic acids is 2. The third-order valence-corrected chi connectivity index (χ3v) is 5.02. The first-order valence-corrected chi connectivity index (χ1v) is 9.30. The molecule has 0 spiro atoms. The monoisotopic (exact) mass is 329 g/mol. The third-order valence-electron chi connectivity index (χ3n) is 5.02. The molecule has 2 saturated heterocycles. The van der Waals surface area contributed by atoms with E-state index >= 15 is 0 Å². The molecule has 0 aromatic carbocycles. The van der Waals surface area contributed by atoms with E-state index in [0.717, 1.165) is 51.9 Å². The van der Waals surface area contributed by atoms with Gasteiger partial charge in [0.2, 0.25) is 0 Å². The minimum absolute atomic E-state index is 0.00864. The molecule has 2 fully saturated rings. The van der Waals surface area contributed by atoms with Crippen molar-refractivity contribution in [2.24, 2.45) is 0 Å². The van der Waals surface area contributed by atoms with Crippen molar-refractivity contribution in [1.82, 2.24) is 14.8 Å². The van der Waals surface area contributed by atoms with Crippen LogP contribution in [0.3, 0.4) is 0 Å². The highest BCUT2D eigenvalue weighted by Gasteiger charge is 2.21. The summed E-state index contributed by atoms with van der Waals surface area (Å²) in [7, 11) is 0. The largest absolute Gasteiger partial charge is 0.339 e. The minimum atomic E-state index is -0.00864. The maximum absolute atomic E-state index is 12.6. The van der Waals surface area contributed by atoms with Crippen molar-refractivity contribution >= 4 is 11.8 Å². The predicted octanol–water partition coefficient (Wildman–Crippen LogP) is 3.11. The average Bonchev–Trinajstić information content (AvgIpc) is 3.06. The van der Waals surface area contributed by atoms with Gasteiger partial charge in [0.05, 0.1) is 5.56 Å². The van der Waals surface area contributed by atoms with Crippen LogP contribution in [0.1, 0.15) is 72.2 Å². The van der Waals surface area contributed by atoms with E-state index < -0.39 is 0 Å². The van der Waals surface area contributed by atoms with E-state index in [4.69, 9.17) is 0 Å². The first-order valence-electron chi connectivity index (χ1n) is 9.30. The van der Waals surface area contributed by atoms with Crippen LogP contribution in [0.25, 0.3) is 0 Å². The molecule has 2 amide bonds. The Labute approximate surface area is 144 Å². The number of hydrogen-bond donors (Lipinski definition) is 0. The maximum atomic E-state index is 12.6. The number of hydrogen-bond acceptors (Lipinski definition) is 3. The van der Waals surface area contributed by atoms with Gasteiger partial charge < -0.3 is 9.80 Å². The lowest BCUT2D eigenvalue weighted by Gasteiger charge is -2.21. The Kier molecular flexibility index (Phi) is 5.83. The maximum Gasteiger partial charge on any atom is 0.272 e. The molecule has 130 valence electrons. The quantitative estimate of drug-likeness (QED) is 0.838. The van der Waals surface area contributed by atoms with Gasteiger partial charge in [-0.2, -0.15) is 0 Å². The molecule has 0 atom stereocenters. The third kappa shape index (κ3) is 4.13. The topological polar surface area (TPSA) is 53.5 Å². The lowest BCUT2D eigenvalue weighted by molar-refractivity contribution is 0.0744. The molecule has 5 heteroatoms. The van der Waals surface area contributed by atoms with Crippen LogP contribution in [0, 0.1) is 0 Å². The number of pyridine rings is 1. The van der Waals surface area contributed by atoms with Crippen molar-refractivity contribution in [3.8, 4) is 0 Å². The van der Waals surface area contributed by atoms with Gasteiger partial charge in [-0.3, -0.25) is 14.6 Å². The fraction of sp³-hybridized carbons (Fsp3) is 0.632. The van der Waals surface area contributed by atoms with E-state index in [2.05, 4.69) is 4.98 Å². The molecule has 2 aliphatic heterocycles. The normalized spacial score (nSPS) is 19.5. The SMILES string of the molecule is O=C(c1ccc(C(=O)N2CCCCCC2)nc1)N1CCCCCC1. The van der Waals surface area contributed by atoms with Gasteiger partial charge in [-0.1, -0.05) is 25.7 Å². The summed E-state index contributed by atoms with van der Waals surface area (Å²) in [4.78, 5) is 33.2. The van der Waals surface area contributed by atoms with Crippen LogP contribution in [0.15, 0.2) is 18.3 Å².